The van der Waals surface area contributed by atoms with E-state index < -0.39 is 17.6 Å². The summed E-state index contributed by atoms with van der Waals surface area (Å²) in [5, 5.41) is 0. The van der Waals surface area contributed by atoms with Gasteiger partial charge in [-0.05, 0) is 44.0 Å². The fourth-order valence-corrected chi connectivity index (χ4v) is 2.07. The molecule has 0 unspecified atom stereocenters. The normalized spacial score (nSPS) is 9.87. The average Bonchev–Trinajstić information content (AvgIpc) is 2.10. The zero-order chi connectivity index (χ0) is 11.6. The van der Waals surface area contributed by atoms with Crippen LogP contribution in [0.15, 0.2) is 33.5 Å². The van der Waals surface area contributed by atoms with Crippen LogP contribution in [0.4, 0.5) is 8.78 Å². The van der Waals surface area contributed by atoms with E-state index in [0.29, 0.717) is 0 Å². The number of carbonyl (C=O) groups excluding carboxylic acids is 1. The van der Waals surface area contributed by atoms with Crippen molar-refractivity contribution in [3.63, 3.8) is 0 Å². The first-order valence-corrected chi connectivity index (χ1v) is 5.21. The van der Waals surface area contributed by atoms with E-state index in [-0.39, 0.29) is 14.7 Å². The van der Waals surface area contributed by atoms with Crippen molar-refractivity contribution in [2.45, 2.75) is 0 Å². The Morgan fingerprint density at radius 3 is 2.20 bits per heavy atom. The lowest BCUT2D eigenvalue weighted by molar-refractivity contribution is -0.131. The lowest BCUT2D eigenvalue weighted by Gasteiger charge is -2.07. The highest BCUT2D eigenvalue weighted by Crippen LogP contribution is 2.34. The molecule has 6 heteroatoms. The van der Waals surface area contributed by atoms with Crippen molar-refractivity contribution in [2.75, 3.05) is 0 Å². The molecular formula is C9H4Br2F2O2. The van der Waals surface area contributed by atoms with Crippen LogP contribution < -0.4 is 4.74 Å². The molecule has 0 bridgehead atoms. The van der Waals surface area contributed by atoms with Crippen LogP contribution in [0.3, 0.4) is 0 Å². The number of esters is 1. The van der Waals surface area contributed by atoms with Gasteiger partial charge in [0.2, 0.25) is 5.83 Å². The summed E-state index contributed by atoms with van der Waals surface area (Å²) in [6.45, 7) is 2.78. The van der Waals surface area contributed by atoms with Gasteiger partial charge in [-0.15, -0.1) is 0 Å². The smallest absolute Gasteiger partial charge is 0.372 e. The molecule has 0 aliphatic carbocycles. The van der Waals surface area contributed by atoms with Gasteiger partial charge in [-0.25, -0.2) is 9.18 Å². The molecule has 0 heterocycles. The van der Waals surface area contributed by atoms with E-state index in [2.05, 4.69) is 43.2 Å². The van der Waals surface area contributed by atoms with Gasteiger partial charge in [0, 0.05) is 0 Å². The first-order valence-electron chi connectivity index (χ1n) is 3.63. The maximum Gasteiger partial charge on any atom is 0.372 e. The molecule has 15 heavy (non-hydrogen) atoms. The van der Waals surface area contributed by atoms with Crippen LogP contribution in [0, 0.1) is 5.82 Å². The molecule has 1 rings (SSSR count). The molecule has 0 radical (unpaired) electrons. The topological polar surface area (TPSA) is 26.3 Å². The largest absolute Gasteiger partial charge is 0.419 e. The lowest BCUT2D eigenvalue weighted by atomic mass is 10.3. The molecule has 2 nitrogen and oxygen atoms in total. The van der Waals surface area contributed by atoms with Crippen LogP contribution in [0.25, 0.3) is 0 Å². The number of hydrogen-bond donors (Lipinski definition) is 0. The van der Waals surface area contributed by atoms with E-state index in [1.165, 1.54) is 0 Å². The zero-order valence-electron chi connectivity index (χ0n) is 7.19. The van der Waals surface area contributed by atoms with Crippen molar-refractivity contribution in [1.82, 2.24) is 0 Å². The Hall–Kier alpha value is -0.750. The third-order valence-corrected chi connectivity index (χ3v) is 2.56. The number of carbonyl (C=O) groups is 1. The van der Waals surface area contributed by atoms with E-state index in [1.54, 1.807) is 0 Å². The van der Waals surface area contributed by atoms with Crippen molar-refractivity contribution in [2.24, 2.45) is 0 Å². The van der Waals surface area contributed by atoms with E-state index >= 15 is 0 Å². The predicted molar refractivity (Wildman–Crippen MR) is 57.7 cm³/mol. The molecule has 0 atom stereocenters. The van der Waals surface area contributed by atoms with Crippen LogP contribution in [0.2, 0.25) is 0 Å². The molecule has 0 aliphatic rings. The molecule has 1 aromatic rings. The van der Waals surface area contributed by atoms with Gasteiger partial charge in [-0.1, -0.05) is 6.58 Å². The second-order valence-electron chi connectivity index (χ2n) is 2.49. The summed E-state index contributed by atoms with van der Waals surface area (Å²) < 4.78 is 30.2. The predicted octanol–water partition coefficient (Wildman–Crippen LogP) is 3.74. The highest BCUT2D eigenvalue weighted by atomic mass is 79.9. The summed E-state index contributed by atoms with van der Waals surface area (Å²) in [6, 6.07) is 2.18. The number of benzene rings is 1. The summed E-state index contributed by atoms with van der Waals surface area (Å²) >= 11 is 5.95. The fourth-order valence-electron chi connectivity index (χ4n) is 0.775. The van der Waals surface area contributed by atoms with E-state index in [4.69, 9.17) is 0 Å². The highest BCUT2D eigenvalue weighted by molar-refractivity contribution is 9.11. The number of halogens is 4. The van der Waals surface area contributed by atoms with Gasteiger partial charge in [-0.3, -0.25) is 0 Å². The van der Waals surface area contributed by atoms with Crippen LogP contribution in [-0.4, -0.2) is 5.97 Å². The Morgan fingerprint density at radius 1 is 1.33 bits per heavy atom. The van der Waals surface area contributed by atoms with Crippen LogP contribution in [0.1, 0.15) is 0 Å². The minimum Gasteiger partial charge on any atom is -0.419 e. The Morgan fingerprint density at radius 2 is 1.80 bits per heavy atom. The second kappa shape index (κ2) is 4.85. The summed E-state index contributed by atoms with van der Waals surface area (Å²) in [4.78, 5) is 10.9. The van der Waals surface area contributed by atoms with Gasteiger partial charge in [0.05, 0.1) is 8.95 Å². The molecule has 0 spiro atoms. The first-order chi connectivity index (χ1) is 6.91. The molecule has 0 aromatic heterocycles. The molecule has 0 aliphatic heterocycles. The van der Waals surface area contributed by atoms with Gasteiger partial charge >= 0.3 is 5.97 Å². The minimum atomic E-state index is -1.22. The number of ether oxygens (including phenoxy) is 1. The maximum atomic E-state index is 12.8. The standard InChI is InChI=1S/C9H4Br2F2O2/c1-4(12)9(14)15-8-6(10)2-5(13)3-7(8)11/h2-3H,1H2. The van der Waals surface area contributed by atoms with Gasteiger partial charge in [0.25, 0.3) is 0 Å². The molecule has 0 saturated carbocycles. The van der Waals surface area contributed by atoms with E-state index in [0.717, 1.165) is 12.1 Å². The Balaban J connectivity index is 3.05. The van der Waals surface area contributed by atoms with Gasteiger partial charge in [-0.2, -0.15) is 4.39 Å². The van der Waals surface area contributed by atoms with Crippen molar-refractivity contribution in [1.29, 1.82) is 0 Å². The van der Waals surface area contributed by atoms with Crippen LogP contribution in [0.5, 0.6) is 5.75 Å². The third-order valence-electron chi connectivity index (χ3n) is 1.38. The minimum absolute atomic E-state index is 0.000185. The first kappa shape index (κ1) is 12.3. The molecule has 0 fully saturated rings. The molecule has 0 saturated heterocycles. The molecule has 80 valence electrons. The summed E-state index contributed by atoms with van der Waals surface area (Å²) in [5.74, 6) is -2.96. The highest BCUT2D eigenvalue weighted by Gasteiger charge is 2.15. The molecule has 0 N–H and O–H groups in total. The average molecular weight is 342 g/mol. The Bertz CT molecular complexity index is 409. The van der Waals surface area contributed by atoms with Gasteiger partial charge in [0.15, 0.2) is 5.75 Å². The Labute approximate surface area is 101 Å². The SMILES string of the molecule is C=C(F)C(=O)Oc1c(Br)cc(F)cc1Br. The maximum absolute atomic E-state index is 12.8. The molecular weight excluding hydrogens is 338 g/mol. The van der Waals surface area contributed by atoms with Crippen molar-refractivity contribution < 1.29 is 18.3 Å². The summed E-state index contributed by atoms with van der Waals surface area (Å²) in [7, 11) is 0. The monoisotopic (exact) mass is 340 g/mol. The summed E-state index contributed by atoms with van der Waals surface area (Å²) in [6.07, 6.45) is 0. The van der Waals surface area contributed by atoms with Crippen molar-refractivity contribution in [3.05, 3.63) is 39.3 Å². The van der Waals surface area contributed by atoms with Crippen molar-refractivity contribution >= 4 is 37.8 Å². The second-order valence-corrected chi connectivity index (χ2v) is 4.20. The number of rotatable bonds is 2. The quantitative estimate of drug-likeness (QED) is 0.465. The Kier molecular flexibility index (Phi) is 3.98. The molecule has 0 amide bonds. The zero-order valence-corrected chi connectivity index (χ0v) is 10.4. The number of hydrogen-bond acceptors (Lipinski definition) is 2. The lowest BCUT2D eigenvalue weighted by Crippen LogP contribution is -2.08. The van der Waals surface area contributed by atoms with E-state index in [1.807, 2.05) is 0 Å². The van der Waals surface area contributed by atoms with E-state index in [9.17, 15) is 13.6 Å². The van der Waals surface area contributed by atoms with Crippen molar-refractivity contribution in [3.8, 4) is 5.75 Å². The van der Waals surface area contributed by atoms with Crippen LogP contribution >= 0.6 is 31.9 Å². The van der Waals surface area contributed by atoms with Crippen LogP contribution in [-0.2, 0) is 4.79 Å². The van der Waals surface area contributed by atoms with Gasteiger partial charge < -0.3 is 4.74 Å². The van der Waals surface area contributed by atoms with Gasteiger partial charge in [0.1, 0.15) is 5.82 Å². The fraction of sp³-hybridized carbons (Fsp3) is 0. The molecule has 1 aromatic carbocycles. The third kappa shape index (κ3) is 3.10. The summed E-state index contributed by atoms with van der Waals surface area (Å²) in [5.41, 5.74) is 0.